The zero-order valence-corrected chi connectivity index (χ0v) is 19.2. The van der Waals surface area contributed by atoms with Gasteiger partial charge in [-0.1, -0.05) is 32.0 Å². The molecule has 0 saturated carbocycles. The molecule has 3 aromatic rings. The number of benzene rings is 2. The molecule has 1 saturated heterocycles. The van der Waals surface area contributed by atoms with Crippen molar-refractivity contribution in [2.75, 3.05) is 13.1 Å². The van der Waals surface area contributed by atoms with E-state index in [-0.39, 0.29) is 16.8 Å². The van der Waals surface area contributed by atoms with Crippen molar-refractivity contribution in [2.45, 2.75) is 50.5 Å². The van der Waals surface area contributed by atoms with Crippen LogP contribution in [0.3, 0.4) is 0 Å². The number of amides is 1. The molecule has 32 heavy (non-hydrogen) atoms. The van der Waals surface area contributed by atoms with Crippen LogP contribution in [0.2, 0.25) is 0 Å². The third-order valence-electron chi connectivity index (χ3n) is 5.89. The van der Waals surface area contributed by atoms with Crippen LogP contribution >= 0.6 is 0 Å². The number of carbonyl (C=O) groups is 1. The highest BCUT2D eigenvalue weighted by Gasteiger charge is 2.27. The van der Waals surface area contributed by atoms with Gasteiger partial charge in [0, 0.05) is 24.7 Å². The van der Waals surface area contributed by atoms with Crippen LogP contribution in [0.4, 0.5) is 0 Å². The number of aromatic nitrogens is 2. The number of hydrogen-bond acceptors (Lipinski definition) is 5. The van der Waals surface area contributed by atoms with Crippen molar-refractivity contribution < 1.29 is 13.2 Å². The highest BCUT2D eigenvalue weighted by Crippen LogP contribution is 2.20. The predicted molar refractivity (Wildman–Crippen MR) is 124 cm³/mol. The largest absolute Gasteiger partial charge is 0.339 e. The molecule has 1 fully saturated rings. The maximum absolute atomic E-state index is 13.1. The van der Waals surface area contributed by atoms with Crippen LogP contribution in [-0.2, 0) is 22.9 Å². The monoisotopic (exact) mass is 452 g/mol. The van der Waals surface area contributed by atoms with Gasteiger partial charge in [-0.25, -0.2) is 23.1 Å². The van der Waals surface area contributed by atoms with E-state index < -0.39 is 10.0 Å². The van der Waals surface area contributed by atoms with E-state index in [1.165, 1.54) is 0 Å². The number of aryl methyl sites for hydroxylation is 2. The van der Waals surface area contributed by atoms with Gasteiger partial charge in [0.2, 0.25) is 10.0 Å². The molecule has 0 spiro atoms. The minimum Gasteiger partial charge on any atom is -0.339 e. The van der Waals surface area contributed by atoms with Gasteiger partial charge in [-0.05, 0) is 56.0 Å². The van der Waals surface area contributed by atoms with E-state index in [2.05, 4.69) is 18.6 Å². The second-order valence-corrected chi connectivity index (χ2v) is 9.74. The molecule has 0 atom stereocenters. The quantitative estimate of drug-likeness (QED) is 0.619. The average molecular weight is 453 g/mol. The number of hydrogen-bond donors (Lipinski definition) is 1. The van der Waals surface area contributed by atoms with Gasteiger partial charge < -0.3 is 4.90 Å². The van der Waals surface area contributed by atoms with Crippen LogP contribution in [0, 0.1) is 0 Å². The fraction of sp³-hybridized carbons (Fsp3) is 0.375. The molecule has 0 radical (unpaired) electrons. The first-order valence-corrected chi connectivity index (χ1v) is 12.6. The van der Waals surface area contributed by atoms with Crippen molar-refractivity contribution in [2.24, 2.45) is 0 Å². The number of nitrogens with one attached hydrogen (secondary N) is 1. The lowest BCUT2D eigenvalue weighted by Gasteiger charge is -2.32. The Bertz CT molecular complexity index is 1220. The van der Waals surface area contributed by atoms with E-state index in [0.717, 1.165) is 35.3 Å². The number of sulfonamides is 1. The Balaban J connectivity index is 1.43. The summed E-state index contributed by atoms with van der Waals surface area (Å²) >= 11 is 0. The van der Waals surface area contributed by atoms with Crippen molar-refractivity contribution in [3.8, 4) is 0 Å². The molecule has 4 rings (SSSR count). The Kier molecular flexibility index (Phi) is 6.53. The van der Waals surface area contributed by atoms with Gasteiger partial charge in [-0.2, -0.15) is 0 Å². The Morgan fingerprint density at radius 1 is 0.969 bits per heavy atom. The molecule has 7 nitrogen and oxygen atoms in total. The molecule has 1 aliphatic heterocycles. The van der Waals surface area contributed by atoms with E-state index in [4.69, 9.17) is 9.97 Å². The number of rotatable bonds is 6. The number of likely N-dealkylation sites (tertiary alicyclic amines) is 1. The van der Waals surface area contributed by atoms with Gasteiger partial charge in [0.25, 0.3) is 5.91 Å². The second kappa shape index (κ2) is 9.34. The molecule has 8 heteroatoms. The number of piperidine rings is 1. The first-order chi connectivity index (χ1) is 15.4. The summed E-state index contributed by atoms with van der Waals surface area (Å²) in [5, 5.41) is 0. The highest BCUT2D eigenvalue weighted by molar-refractivity contribution is 7.89. The van der Waals surface area contributed by atoms with E-state index in [0.29, 0.717) is 31.5 Å². The molecule has 2 heterocycles. The van der Waals surface area contributed by atoms with Crippen LogP contribution in [0.1, 0.15) is 48.4 Å². The van der Waals surface area contributed by atoms with Gasteiger partial charge in [-0.15, -0.1) is 0 Å². The third kappa shape index (κ3) is 4.66. The third-order valence-corrected chi connectivity index (χ3v) is 7.43. The van der Waals surface area contributed by atoms with Gasteiger partial charge in [0.15, 0.2) is 0 Å². The minimum absolute atomic E-state index is 0.0596. The minimum atomic E-state index is -3.56. The van der Waals surface area contributed by atoms with Crippen LogP contribution in [0.5, 0.6) is 0 Å². The summed E-state index contributed by atoms with van der Waals surface area (Å²) in [4.78, 5) is 24.5. The molecule has 0 bridgehead atoms. The Morgan fingerprint density at radius 3 is 2.22 bits per heavy atom. The summed E-state index contributed by atoms with van der Waals surface area (Å²) in [6.45, 7) is 5.12. The Hall–Kier alpha value is -2.84. The molecular weight excluding hydrogens is 424 g/mol. The number of nitrogens with zero attached hydrogens (tertiary/aromatic N) is 3. The van der Waals surface area contributed by atoms with Crippen molar-refractivity contribution in [3.63, 3.8) is 0 Å². The summed E-state index contributed by atoms with van der Waals surface area (Å²) < 4.78 is 27.9. The van der Waals surface area contributed by atoms with Crippen LogP contribution in [0.15, 0.2) is 53.4 Å². The van der Waals surface area contributed by atoms with E-state index in [1.807, 2.05) is 12.1 Å². The SMILES string of the molecule is CCc1nc2ccc(C(=O)N3CCC(NS(=O)(=O)c4ccccc4)CC3)cc2nc1CC. The van der Waals surface area contributed by atoms with Crippen molar-refractivity contribution >= 4 is 27.0 Å². The van der Waals surface area contributed by atoms with Crippen molar-refractivity contribution in [3.05, 3.63) is 65.5 Å². The van der Waals surface area contributed by atoms with Gasteiger partial charge >= 0.3 is 0 Å². The van der Waals surface area contributed by atoms with E-state index >= 15 is 0 Å². The maximum Gasteiger partial charge on any atom is 0.253 e. The number of carbonyl (C=O) groups excluding carboxylic acids is 1. The Labute approximate surface area is 188 Å². The molecular formula is C24H28N4O3S. The van der Waals surface area contributed by atoms with Gasteiger partial charge in [0.1, 0.15) is 0 Å². The van der Waals surface area contributed by atoms with Gasteiger partial charge in [0.05, 0.1) is 27.3 Å². The second-order valence-electron chi connectivity index (χ2n) is 8.03. The van der Waals surface area contributed by atoms with Gasteiger partial charge in [-0.3, -0.25) is 4.79 Å². The predicted octanol–water partition coefficient (Wildman–Crippen LogP) is 3.34. The standard InChI is InChI=1S/C24H28N4O3S/c1-3-20-21(4-2)26-23-16-17(10-11-22(23)25-20)24(29)28-14-12-18(13-15-28)27-32(30,31)19-8-6-5-7-9-19/h5-11,16,18,27H,3-4,12-15H2,1-2H3. The molecule has 1 aliphatic rings. The molecule has 0 unspecified atom stereocenters. The van der Waals surface area contributed by atoms with Crippen LogP contribution in [-0.4, -0.2) is 48.3 Å². The molecule has 0 aliphatic carbocycles. The van der Waals surface area contributed by atoms with Crippen molar-refractivity contribution in [1.82, 2.24) is 19.6 Å². The van der Waals surface area contributed by atoms with Crippen LogP contribution < -0.4 is 4.72 Å². The molecule has 2 aromatic carbocycles. The summed E-state index contributed by atoms with van der Waals surface area (Å²) in [7, 11) is -3.56. The lowest BCUT2D eigenvalue weighted by Crippen LogP contribution is -2.46. The normalized spacial score (nSPS) is 15.2. The summed E-state index contributed by atoms with van der Waals surface area (Å²) in [5.74, 6) is -0.0596. The average Bonchev–Trinajstić information content (AvgIpc) is 2.83. The molecule has 1 aromatic heterocycles. The fourth-order valence-corrected chi connectivity index (χ4v) is 5.42. The summed E-state index contributed by atoms with van der Waals surface area (Å²) in [6.07, 6.45) is 2.78. The lowest BCUT2D eigenvalue weighted by molar-refractivity contribution is 0.0711. The fourth-order valence-electron chi connectivity index (χ4n) is 4.10. The smallest absolute Gasteiger partial charge is 0.253 e. The maximum atomic E-state index is 13.1. The molecule has 1 amide bonds. The number of fused-ring (bicyclic) bond motifs is 1. The van der Waals surface area contributed by atoms with E-state index in [1.54, 1.807) is 41.3 Å². The van der Waals surface area contributed by atoms with Crippen molar-refractivity contribution in [1.29, 1.82) is 0 Å². The van der Waals surface area contributed by atoms with Crippen LogP contribution in [0.25, 0.3) is 11.0 Å². The highest BCUT2D eigenvalue weighted by atomic mass is 32.2. The lowest BCUT2D eigenvalue weighted by atomic mass is 10.0. The topological polar surface area (TPSA) is 92.3 Å². The Morgan fingerprint density at radius 2 is 1.59 bits per heavy atom. The summed E-state index contributed by atoms with van der Waals surface area (Å²) in [6, 6.07) is 13.6. The summed E-state index contributed by atoms with van der Waals surface area (Å²) in [5.41, 5.74) is 4.08. The zero-order valence-electron chi connectivity index (χ0n) is 18.4. The zero-order chi connectivity index (χ0) is 22.7. The first-order valence-electron chi connectivity index (χ1n) is 11.1. The van der Waals surface area contributed by atoms with E-state index in [9.17, 15) is 13.2 Å². The molecule has 1 N–H and O–H groups in total. The molecule has 168 valence electrons. The first kappa shape index (κ1) is 22.4.